The summed E-state index contributed by atoms with van der Waals surface area (Å²) in [5.74, 6) is 8.02. The first kappa shape index (κ1) is 134. The van der Waals surface area contributed by atoms with E-state index < -0.39 is 39.9 Å². The molecule has 2 aliphatic heterocycles. The lowest BCUT2D eigenvalue weighted by Crippen LogP contribution is -2.26. The molecule has 2 saturated heterocycles. The van der Waals surface area contributed by atoms with Gasteiger partial charge in [0.05, 0.1) is 58.7 Å². The maximum Gasteiger partial charge on any atom is 0.503 e. The number of aromatic nitrogens is 10. The van der Waals surface area contributed by atoms with Gasteiger partial charge < -0.3 is 126 Å². The predicted molar refractivity (Wildman–Crippen MR) is 607 cm³/mol. The van der Waals surface area contributed by atoms with Crippen molar-refractivity contribution >= 4 is 263 Å². The first-order valence-electron chi connectivity index (χ1n) is 42.0. The fourth-order valence-corrected chi connectivity index (χ4v) is 12.7. The number of hydrogen-bond donors (Lipinski definition) is 23. The van der Waals surface area contributed by atoms with Crippen molar-refractivity contribution < 1.29 is 79.1 Å². The predicted octanol–water partition coefficient (Wildman–Crippen LogP) is 13.8. The summed E-state index contributed by atoms with van der Waals surface area (Å²) >= 11 is 11.5. The Kier molecular flexibility index (Phi) is 64.1. The highest BCUT2D eigenvalue weighted by molar-refractivity contribution is 14.1. The third-order valence-electron chi connectivity index (χ3n) is 17.9. The number of halogens is 4. The van der Waals surface area contributed by atoms with E-state index >= 15 is 0 Å². The number of anilines is 8. The number of furan rings is 4. The number of carboxylic acid groups (broad SMARTS) is 2. The molecule has 0 radical (unpaired) electrons. The largest absolute Gasteiger partial charge is 0.503 e. The molecule has 0 aliphatic carbocycles. The van der Waals surface area contributed by atoms with Crippen LogP contribution >= 0.6 is 131 Å². The third kappa shape index (κ3) is 51.9. The average molecular weight is 2450 g/mol. The van der Waals surface area contributed by atoms with Gasteiger partial charge in [0.15, 0.2) is 11.9 Å². The Hall–Kier alpha value is -12.2. The SMILES string of the molecule is C#CCC(C(C)=O)C(=O)OCC.C#CCc1c(O)nc(N)[nH]c1=O.CCCCNC.C[C@H](N)c1ccc(Br)cc1.Cc1cc2c(=O)[nH]c(N)nc2o1.Cc1cc2c(N[C@@H](C)c3ccc(Br)cc3)nc(N)nc2o1.Cc1cc2c(N[C@@H](C)c3ccc(C4COC4)cc3)nc(N)nc2o1.Cc1cc2c(N[C@@H](C)c3ccc(I)cc3)nc(N)nc2o1.IC1COC1.N=C(N)N.N=C(N)N.O=C(O)O.O=S(=O)(O)O.S.S.S.S. The monoisotopic (exact) mass is 2450 g/mol. The molecule has 13 aromatic rings. The Bertz CT molecular complexity index is 6290. The van der Waals surface area contributed by atoms with E-state index in [0.29, 0.717) is 51.7 Å². The Labute approximate surface area is 903 Å². The standard InChI is InChI=1S/C18H20N4O2.C15H15BrN4O.C15H15IN4O.C9H12O3.C8H10BrN.2C7H7N3O2.C5H13N.C3H5IO.2CH5N3.CH2O3.H2O4S.4H2S/c1-10-7-15-16(21-18(19)22-17(15)24-10)20-11(2)12-3-5-13(6-4-12)14-8-23-9-14;2*1-8-7-12-13(19-15(17)20-14(12)21-8)18-9(2)10-3-5-11(16)6-4-10;1-4-6-8(7(3)10)9(11)12-5-2;1-6(10)7-2-4-8(9)5-3-7;1-3-2-4-5(11)9-7(8)10-6(4)12-3;1-2-3-4-5(11)9-7(8)10-6(4)12;1-3-4-5-6-2;4-3-1-5-2-3;3*2-1(3)4;1-5(2,3)4;;;;/h3-7,11,14H,8-9H2,1-2H3,(H3,19,20,21,22);2*3-7,9H,1-2H3,(H3,17,18,19,20);1,8H,5-6H2,2-3H3;2-6H,10H2,1H3;2H,1H3,(H3,8,9,10,11);1H,3H2,(H4,8,9,10,11,12);6H,3-5H2,1-2H3;3H,1-2H2;2*(H5,2,3,4);(H2,2,3,4);(H2,1,2,3,4);4*1H2/t11-;2*9-;;6-;;;;;;;;;;;;/m000.0............/s1. The van der Waals surface area contributed by atoms with Gasteiger partial charge in [0.2, 0.25) is 58.5 Å². The molecule has 1 unspecified atom stereocenters. The van der Waals surface area contributed by atoms with Crippen molar-refractivity contribution in [1.82, 2.24) is 55.2 Å². The number of aryl methyl sites for hydroxylation is 4. The number of alkyl halides is 1. The molecule has 11 heterocycles. The Balaban J connectivity index is 0. The molecule has 2 aliphatic rings. The number of nitrogen functional groups attached to an aromatic ring is 5. The number of ketones is 1. The maximum atomic E-state index is 11.2. The van der Waals surface area contributed by atoms with E-state index in [0.717, 1.165) is 84.8 Å². The van der Waals surface area contributed by atoms with E-state index in [1.165, 1.54) is 45.6 Å². The second-order valence-corrected chi connectivity index (χ2v) is 35.4. The summed E-state index contributed by atoms with van der Waals surface area (Å²) < 4.78 is 72.2. The number of guanidine groups is 2. The van der Waals surface area contributed by atoms with E-state index in [9.17, 15) is 19.2 Å². The zero-order valence-corrected chi connectivity index (χ0v) is 92.8. The number of esters is 1. The number of benzene rings is 4. The van der Waals surface area contributed by atoms with E-state index in [2.05, 4.69) is 276 Å². The molecule has 144 heavy (non-hydrogen) atoms. The van der Waals surface area contributed by atoms with Gasteiger partial charge in [0.25, 0.3) is 11.1 Å². The number of hydrogen-bond acceptors (Lipinski definition) is 35. The number of H-pyrrole nitrogens is 2. The Morgan fingerprint density at radius 1 is 0.569 bits per heavy atom. The second-order valence-electron chi connectivity index (χ2n) is 29.7. The first-order chi connectivity index (χ1) is 65.8. The van der Waals surface area contributed by atoms with Crippen LogP contribution in [0.1, 0.15) is 154 Å². The molecule has 0 spiro atoms. The molecule has 54 heteroatoms. The Morgan fingerprint density at radius 3 is 1.19 bits per heavy atom. The molecule has 45 nitrogen and oxygen atoms in total. The number of ether oxygens (including phenoxy) is 3. The van der Waals surface area contributed by atoms with Crippen molar-refractivity contribution in [3.8, 4) is 30.6 Å². The highest BCUT2D eigenvalue weighted by atomic mass is 127. The highest BCUT2D eigenvalue weighted by Gasteiger charge is 2.25. The molecule has 0 amide bonds. The summed E-state index contributed by atoms with van der Waals surface area (Å²) in [6.45, 7) is 25.8. The summed E-state index contributed by atoms with van der Waals surface area (Å²) in [4.78, 5) is 89.7. The lowest BCUT2D eigenvalue weighted by molar-refractivity contribution is -0.150. The number of Topliss-reactive ketones (excluding diaryl/α,β-unsaturated/α-hetero) is 1. The molecule has 4 aromatic carbocycles. The van der Waals surface area contributed by atoms with Gasteiger partial charge in [0.1, 0.15) is 57.6 Å². The van der Waals surface area contributed by atoms with Crippen LogP contribution in [-0.2, 0) is 40.6 Å². The number of aromatic amines is 2. The number of unbranched alkanes of at least 4 members (excludes halogenated alkanes) is 1. The minimum absolute atomic E-state index is 0. The molecule has 5 atom stereocenters. The van der Waals surface area contributed by atoms with E-state index in [-0.39, 0.29) is 162 Å². The van der Waals surface area contributed by atoms with Crippen LogP contribution in [0.15, 0.2) is 158 Å². The summed E-state index contributed by atoms with van der Waals surface area (Å²) in [7, 11) is -2.68. The van der Waals surface area contributed by atoms with Crippen molar-refractivity contribution in [1.29, 1.82) is 10.8 Å². The quantitative estimate of drug-likeness (QED) is 0.00411. The van der Waals surface area contributed by atoms with Gasteiger partial charge >= 0.3 is 22.5 Å². The summed E-state index contributed by atoms with van der Waals surface area (Å²) in [5, 5.41) is 51.3. The van der Waals surface area contributed by atoms with Gasteiger partial charge in [-0.25, -0.2) is 4.79 Å². The molecular formula is C90H126Br2I2N26O19S5. The first-order valence-corrected chi connectivity index (χ1v) is 47.3. The van der Waals surface area contributed by atoms with Gasteiger partial charge in [-0.1, -0.05) is 128 Å². The average Bonchev–Trinajstić information content (AvgIpc) is 1.66. The fraction of sp³-hybridized carbons (Fsp3) is 0.322. The lowest BCUT2D eigenvalue weighted by atomic mass is 9.95. The number of nitrogens with one attached hydrogen (secondary N) is 8. The molecule has 0 saturated carbocycles. The van der Waals surface area contributed by atoms with Gasteiger partial charge in [0, 0.05) is 55.4 Å². The second kappa shape index (κ2) is 69.0. The third-order valence-corrected chi connectivity index (χ3v) is 20.4. The number of fused-ring (bicyclic) bond motifs is 4. The van der Waals surface area contributed by atoms with Gasteiger partial charge in [-0.3, -0.25) is 49.1 Å². The molecule has 2 fully saturated rings. The topological polar surface area (TPSA) is 792 Å². The number of nitrogens with zero attached hydrogens (tertiary/aromatic N) is 8. The summed E-state index contributed by atoms with van der Waals surface area (Å²) in [5.41, 5.74) is 58.4. The smallest absolute Gasteiger partial charge is 0.493 e. The molecule has 33 N–H and O–H groups in total. The minimum Gasteiger partial charge on any atom is -0.493 e. The normalized spacial score (nSPS) is 12.0. The number of rotatable bonds is 19. The number of nitrogens with two attached hydrogens (primary N) is 10. The van der Waals surface area contributed by atoms with Gasteiger partial charge in [-0.2, -0.15) is 102 Å². The van der Waals surface area contributed by atoms with Crippen molar-refractivity contribution in [3.63, 3.8) is 0 Å². The molecule has 0 bridgehead atoms. The van der Waals surface area contributed by atoms with Crippen LogP contribution < -0.4 is 89.7 Å². The number of terminal acetylenes is 2. The maximum absolute atomic E-state index is 11.2. The lowest BCUT2D eigenvalue weighted by Gasteiger charge is -2.26. The van der Waals surface area contributed by atoms with Crippen LogP contribution in [0, 0.1) is 72.7 Å². The highest BCUT2D eigenvalue weighted by Crippen LogP contribution is 2.33. The van der Waals surface area contributed by atoms with E-state index in [1.807, 2.05) is 89.3 Å². The van der Waals surface area contributed by atoms with Crippen LogP contribution in [0.4, 0.5) is 52.0 Å². The van der Waals surface area contributed by atoms with E-state index in [1.54, 1.807) is 19.9 Å². The van der Waals surface area contributed by atoms with Crippen LogP contribution in [-0.4, -0.2) is 163 Å². The van der Waals surface area contributed by atoms with E-state index in [4.69, 9.17) is 123 Å². The van der Waals surface area contributed by atoms with Crippen LogP contribution in [0.3, 0.4) is 0 Å². The molecule has 15 rings (SSSR count). The number of aromatic hydroxyl groups is 1. The van der Waals surface area contributed by atoms with Crippen molar-refractivity contribution in [2.24, 2.45) is 34.6 Å². The number of carbonyl (C=O) groups excluding carboxylic acids is 2. The Morgan fingerprint density at radius 2 is 0.896 bits per heavy atom. The fourth-order valence-electron chi connectivity index (χ4n) is 11.3. The summed E-state index contributed by atoms with van der Waals surface area (Å²) in [6.07, 6.45) is 10.9. The minimum atomic E-state index is -4.67. The zero-order valence-electron chi connectivity index (χ0n) is 80.5. The molecule has 9 aromatic heterocycles. The van der Waals surface area contributed by atoms with Crippen LogP contribution in [0.2, 0.25) is 0 Å². The molecule has 788 valence electrons. The van der Waals surface area contributed by atoms with Gasteiger partial charge in [-0.15, -0.1) is 24.7 Å². The van der Waals surface area contributed by atoms with Crippen molar-refractivity contribution in [3.05, 3.63) is 211 Å². The van der Waals surface area contributed by atoms with Crippen LogP contribution in [0.25, 0.3) is 44.4 Å². The number of carbonyl (C=O) groups is 3. The van der Waals surface area contributed by atoms with Crippen molar-refractivity contribution in [2.45, 2.75) is 136 Å². The van der Waals surface area contributed by atoms with Crippen LogP contribution in [0.5, 0.6) is 5.88 Å². The van der Waals surface area contributed by atoms with Crippen molar-refractivity contribution in [2.75, 3.05) is 91.2 Å². The summed E-state index contributed by atoms with van der Waals surface area (Å²) in [6, 6.07) is 41.0. The molecular weight excluding hydrogens is 2320 g/mol. The van der Waals surface area contributed by atoms with Gasteiger partial charge in [-0.05, 0) is 200 Å². The zero-order chi connectivity index (χ0) is 105.